The first-order valence-electron chi connectivity index (χ1n) is 5.67. The lowest BCUT2D eigenvalue weighted by atomic mass is 10.1. The zero-order valence-corrected chi connectivity index (χ0v) is 10.4. The van der Waals surface area contributed by atoms with Gasteiger partial charge in [-0.3, -0.25) is 0 Å². The molecule has 0 bridgehead atoms. The summed E-state index contributed by atoms with van der Waals surface area (Å²) in [4.78, 5) is 4.12. The fourth-order valence-corrected chi connectivity index (χ4v) is 1.66. The van der Waals surface area contributed by atoms with Gasteiger partial charge < -0.3 is 10.5 Å². The van der Waals surface area contributed by atoms with E-state index in [1.54, 1.807) is 12.1 Å². The Morgan fingerprint density at radius 2 is 2.00 bits per heavy atom. The molecule has 0 aliphatic rings. The average Bonchev–Trinajstić information content (AvgIpc) is 2.30. The first-order chi connectivity index (χ1) is 8.56. The highest BCUT2D eigenvalue weighted by atomic mass is 19.1. The van der Waals surface area contributed by atoms with Crippen molar-refractivity contribution < 1.29 is 9.13 Å². The molecule has 0 atom stereocenters. The number of benzene rings is 1. The summed E-state index contributed by atoms with van der Waals surface area (Å²) in [6.45, 7) is 4.06. The van der Waals surface area contributed by atoms with Crippen molar-refractivity contribution in [1.29, 1.82) is 0 Å². The van der Waals surface area contributed by atoms with Gasteiger partial charge in [-0.05, 0) is 49.2 Å². The van der Waals surface area contributed by atoms with E-state index in [4.69, 9.17) is 10.5 Å². The van der Waals surface area contributed by atoms with E-state index in [1.807, 2.05) is 19.9 Å². The van der Waals surface area contributed by atoms with Gasteiger partial charge in [0.1, 0.15) is 12.4 Å². The van der Waals surface area contributed by atoms with E-state index in [0.717, 1.165) is 16.8 Å². The standard InChI is InChI=1S/C14H15FN2O/c1-9-7-12(15)5-4-11(9)8-18-13-6-3-10(2)17-14(13)16/h3-7H,8H2,1-2H3,(H2,16,17). The van der Waals surface area contributed by atoms with E-state index in [2.05, 4.69) is 4.98 Å². The molecule has 0 radical (unpaired) electrons. The zero-order chi connectivity index (χ0) is 13.1. The van der Waals surface area contributed by atoms with E-state index in [9.17, 15) is 4.39 Å². The molecule has 2 aromatic rings. The van der Waals surface area contributed by atoms with Crippen LogP contribution in [-0.2, 0) is 6.61 Å². The van der Waals surface area contributed by atoms with E-state index in [-0.39, 0.29) is 5.82 Å². The van der Waals surface area contributed by atoms with E-state index >= 15 is 0 Å². The Bertz CT molecular complexity index is 518. The first-order valence-corrected chi connectivity index (χ1v) is 5.67. The van der Waals surface area contributed by atoms with Crippen LogP contribution in [0.25, 0.3) is 0 Å². The van der Waals surface area contributed by atoms with Crippen LogP contribution < -0.4 is 10.5 Å². The number of halogens is 1. The van der Waals surface area contributed by atoms with Crippen molar-refractivity contribution in [3.05, 3.63) is 53.0 Å². The Morgan fingerprint density at radius 3 is 2.67 bits per heavy atom. The van der Waals surface area contributed by atoms with Crippen molar-refractivity contribution in [2.45, 2.75) is 20.5 Å². The van der Waals surface area contributed by atoms with Gasteiger partial charge in [0.05, 0.1) is 0 Å². The number of pyridine rings is 1. The molecule has 1 aromatic heterocycles. The number of ether oxygens (including phenoxy) is 1. The highest BCUT2D eigenvalue weighted by Crippen LogP contribution is 2.21. The van der Waals surface area contributed by atoms with Crippen molar-refractivity contribution in [1.82, 2.24) is 4.98 Å². The summed E-state index contributed by atoms with van der Waals surface area (Å²) >= 11 is 0. The number of aromatic nitrogens is 1. The lowest BCUT2D eigenvalue weighted by Crippen LogP contribution is -2.02. The molecule has 0 fully saturated rings. The van der Waals surface area contributed by atoms with Crippen LogP contribution in [0.5, 0.6) is 5.75 Å². The quantitative estimate of drug-likeness (QED) is 0.905. The summed E-state index contributed by atoms with van der Waals surface area (Å²) < 4.78 is 18.5. The molecule has 94 valence electrons. The second kappa shape index (κ2) is 5.04. The lowest BCUT2D eigenvalue weighted by Gasteiger charge is -2.10. The number of nitrogen functional groups attached to an aromatic ring is 1. The summed E-state index contributed by atoms with van der Waals surface area (Å²) in [6, 6.07) is 8.24. The maximum atomic E-state index is 12.9. The third kappa shape index (κ3) is 2.77. The third-order valence-corrected chi connectivity index (χ3v) is 2.71. The highest BCUT2D eigenvalue weighted by Gasteiger charge is 2.04. The Hall–Kier alpha value is -2.10. The average molecular weight is 246 g/mol. The number of anilines is 1. The van der Waals surface area contributed by atoms with Crippen LogP contribution in [0, 0.1) is 19.7 Å². The summed E-state index contributed by atoms with van der Waals surface area (Å²) in [5.74, 6) is 0.673. The van der Waals surface area contributed by atoms with E-state index in [1.165, 1.54) is 12.1 Å². The van der Waals surface area contributed by atoms with Gasteiger partial charge in [-0.2, -0.15) is 0 Å². The van der Waals surface area contributed by atoms with Crippen molar-refractivity contribution in [2.75, 3.05) is 5.73 Å². The van der Waals surface area contributed by atoms with E-state index < -0.39 is 0 Å². The smallest absolute Gasteiger partial charge is 0.166 e. The maximum absolute atomic E-state index is 12.9. The second-order valence-corrected chi connectivity index (χ2v) is 4.20. The van der Waals surface area contributed by atoms with Crippen LogP contribution in [0.15, 0.2) is 30.3 Å². The minimum Gasteiger partial charge on any atom is -0.485 e. The molecule has 1 aromatic carbocycles. The van der Waals surface area contributed by atoms with Crippen molar-refractivity contribution in [3.63, 3.8) is 0 Å². The molecular weight excluding hydrogens is 231 g/mol. The van der Waals surface area contributed by atoms with Gasteiger partial charge in [-0.15, -0.1) is 0 Å². The molecule has 0 unspecified atom stereocenters. The highest BCUT2D eigenvalue weighted by molar-refractivity contribution is 5.46. The first kappa shape index (κ1) is 12.4. The molecular formula is C14H15FN2O. The molecule has 0 aliphatic heterocycles. The molecule has 18 heavy (non-hydrogen) atoms. The van der Waals surface area contributed by atoms with Crippen LogP contribution >= 0.6 is 0 Å². The molecule has 2 rings (SSSR count). The van der Waals surface area contributed by atoms with Crippen LogP contribution in [0.3, 0.4) is 0 Å². The molecule has 0 amide bonds. The molecule has 3 nitrogen and oxygen atoms in total. The fourth-order valence-electron chi connectivity index (χ4n) is 1.66. The van der Waals surface area contributed by atoms with Gasteiger partial charge in [0.2, 0.25) is 0 Å². The topological polar surface area (TPSA) is 48.1 Å². The van der Waals surface area contributed by atoms with E-state index in [0.29, 0.717) is 18.2 Å². The molecule has 4 heteroatoms. The van der Waals surface area contributed by atoms with Crippen LogP contribution in [0.1, 0.15) is 16.8 Å². The van der Waals surface area contributed by atoms with Crippen molar-refractivity contribution in [2.24, 2.45) is 0 Å². The number of nitrogens with two attached hydrogens (primary N) is 1. The normalized spacial score (nSPS) is 10.4. The van der Waals surface area contributed by atoms with Crippen LogP contribution in [0.2, 0.25) is 0 Å². The summed E-state index contributed by atoms with van der Waals surface area (Å²) in [5, 5.41) is 0. The minimum absolute atomic E-state index is 0.243. The fraction of sp³-hybridized carbons (Fsp3) is 0.214. The van der Waals surface area contributed by atoms with Crippen molar-refractivity contribution in [3.8, 4) is 5.75 Å². The van der Waals surface area contributed by atoms with Gasteiger partial charge in [0, 0.05) is 5.69 Å². The third-order valence-electron chi connectivity index (χ3n) is 2.71. The predicted octanol–water partition coefficient (Wildman–Crippen LogP) is 3.00. The predicted molar refractivity (Wildman–Crippen MR) is 68.9 cm³/mol. The van der Waals surface area contributed by atoms with Crippen LogP contribution in [-0.4, -0.2) is 4.98 Å². The molecule has 2 N–H and O–H groups in total. The molecule has 0 saturated carbocycles. The monoisotopic (exact) mass is 246 g/mol. The largest absolute Gasteiger partial charge is 0.485 e. The van der Waals surface area contributed by atoms with Gasteiger partial charge in [-0.1, -0.05) is 6.07 Å². The SMILES string of the molecule is Cc1ccc(OCc2ccc(F)cc2C)c(N)n1. The number of rotatable bonds is 3. The summed E-state index contributed by atoms with van der Waals surface area (Å²) in [5.41, 5.74) is 8.38. The Labute approximate surface area is 105 Å². The van der Waals surface area contributed by atoms with Gasteiger partial charge in [0.15, 0.2) is 11.6 Å². The molecule has 0 aliphatic carbocycles. The van der Waals surface area contributed by atoms with Crippen LogP contribution in [0.4, 0.5) is 10.2 Å². The minimum atomic E-state index is -0.243. The molecule has 0 spiro atoms. The Morgan fingerprint density at radius 1 is 1.22 bits per heavy atom. The number of hydrogen-bond acceptors (Lipinski definition) is 3. The molecule has 1 heterocycles. The summed E-state index contributed by atoms with van der Waals surface area (Å²) in [6.07, 6.45) is 0. The van der Waals surface area contributed by atoms with Gasteiger partial charge >= 0.3 is 0 Å². The van der Waals surface area contributed by atoms with Crippen molar-refractivity contribution >= 4 is 5.82 Å². The second-order valence-electron chi connectivity index (χ2n) is 4.20. The Kier molecular flexibility index (Phi) is 3.46. The summed E-state index contributed by atoms with van der Waals surface area (Å²) in [7, 11) is 0. The van der Waals surface area contributed by atoms with Gasteiger partial charge in [0.25, 0.3) is 0 Å². The molecule has 0 saturated heterocycles. The Balaban J connectivity index is 2.11. The number of nitrogens with zero attached hydrogens (tertiary/aromatic N) is 1. The number of aryl methyl sites for hydroxylation is 2. The maximum Gasteiger partial charge on any atom is 0.166 e. The zero-order valence-electron chi connectivity index (χ0n) is 10.4. The van der Waals surface area contributed by atoms with Gasteiger partial charge in [-0.25, -0.2) is 9.37 Å². The lowest BCUT2D eigenvalue weighted by molar-refractivity contribution is 0.306. The number of hydrogen-bond donors (Lipinski definition) is 1.